The Morgan fingerprint density at radius 2 is 1.80 bits per heavy atom. The SMILES string of the molecule is c1ccc2c(c1)-c1nc3ccccc3n1C1=NCCN12. The first kappa shape index (κ1) is 10.2. The molecular formula is C16H12N4. The maximum atomic E-state index is 4.81. The predicted octanol–water partition coefficient (Wildman–Crippen LogP) is 2.74. The molecule has 0 saturated carbocycles. The highest BCUT2D eigenvalue weighted by Gasteiger charge is 2.32. The fourth-order valence-corrected chi connectivity index (χ4v) is 3.16. The summed E-state index contributed by atoms with van der Waals surface area (Å²) in [6.45, 7) is 1.79. The Hall–Kier alpha value is -2.62. The lowest BCUT2D eigenvalue weighted by Gasteiger charge is -2.29. The van der Waals surface area contributed by atoms with Crippen LogP contribution in [0.2, 0.25) is 0 Å². The fraction of sp³-hybridized carbons (Fsp3) is 0.125. The van der Waals surface area contributed by atoms with E-state index in [0.29, 0.717) is 0 Å². The Labute approximate surface area is 116 Å². The third-order valence-corrected chi connectivity index (χ3v) is 4.01. The molecule has 0 unspecified atom stereocenters. The molecule has 0 radical (unpaired) electrons. The van der Waals surface area contributed by atoms with E-state index in [0.717, 1.165) is 35.9 Å². The van der Waals surface area contributed by atoms with E-state index in [1.165, 1.54) is 11.3 Å². The van der Waals surface area contributed by atoms with Crippen LogP contribution in [0.1, 0.15) is 0 Å². The van der Waals surface area contributed by atoms with Gasteiger partial charge in [0.05, 0.1) is 23.3 Å². The number of benzene rings is 2. The molecule has 4 heteroatoms. The van der Waals surface area contributed by atoms with Crippen molar-refractivity contribution in [1.29, 1.82) is 0 Å². The zero-order chi connectivity index (χ0) is 13.1. The lowest BCUT2D eigenvalue weighted by atomic mass is 10.1. The Balaban J connectivity index is 1.97. The molecule has 96 valence electrons. The van der Waals surface area contributed by atoms with Crippen molar-refractivity contribution >= 4 is 22.7 Å². The van der Waals surface area contributed by atoms with Crippen molar-refractivity contribution in [2.75, 3.05) is 18.0 Å². The second kappa shape index (κ2) is 3.48. The summed E-state index contributed by atoms with van der Waals surface area (Å²) in [4.78, 5) is 11.8. The minimum absolute atomic E-state index is 0.843. The van der Waals surface area contributed by atoms with Gasteiger partial charge in [-0.05, 0) is 24.3 Å². The Bertz CT molecular complexity index is 875. The van der Waals surface area contributed by atoms with Gasteiger partial charge in [-0.1, -0.05) is 24.3 Å². The average molecular weight is 260 g/mol. The fourth-order valence-electron chi connectivity index (χ4n) is 3.16. The molecule has 4 nitrogen and oxygen atoms in total. The number of hydrogen-bond donors (Lipinski definition) is 0. The van der Waals surface area contributed by atoms with Crippen LogP contribution in [0.3, 0.4) is 0 Å². The average Bonchev–Trinajstić information content (AvgIpc) is 3.11. The van der Waals surface area contributed by atoms with Gasteiger partial charge in [-0.25, -0.2) is 4.98 Å². The molecule has 2 aliphatic heterocycles. The zero-order valence-corrected chi connectivity index (χ0v) is 10.8. The number of hydrogen-bond acceptors (Lipinski definition) is 3. The summed E-state index contributed by atoms with van der Waals surface area (Å²) in [6.07, 6.45) is 0. The highest BCUT2D eigenvalue weighted by Crippen LogP contribution is 2.38. The molecule has 3 heterocycles. The number of rotatable bonds is 0. The number of aliphatic imine (C=N–C) groups is 1. The van der Waals surface area contributed by atoms with Crippen LogP contribution in [0.5, 0.6) is 0 Å². The summed E-state index contributed by atoms with van der Waals surface area (Å²) in [7, 11) is 0. The van der Waals surface area contributed by atoms with E-state index in [4.69, 9.17) is 4.98 Å². The summed E-state index contributed by atoms with van der Waals surface area (Å²) in [6, 6.07) is 16.7. The third kappa shape index (κ3) is 1.12. The zero-order valence-electron chi connectivity index (χ0n) is 10.8. The van der Waals surface area contributed by atoms with Gasteiger partial charge in [0, 0.05) is 12.1 Å². The van der Waals surface area contributed by atoms with E-state index >= 15 is 0 Å². The van der Waals surface area contributed by atoms with Gasteiger partial charge in [-0.2, -0.15) is 0 Å². The molecule has 0 atom stereocenters. The third-order valence-electron chi connectivity index (χ3n) is 4.01. The van der Waals surface area contributed by atoms with Gasteiger partial charge in [-0.15, -0.1) is 0 Å². The van der Waals surface area contributed by atoms with Crippen molar-refractivity contribution in [1.82, 2.24) is 9.55 Å². The van der Waals surface area contributed by atoms with Gasteiger partial charge in [0.2, 0.25) is 5.96 Å². The number of imidazole rings is 1. The minimum atomic E-state index is 0.843. The predicted molar refractivity (Wildman–Crippen MR) is 80.2 cm³/mol. The van der Waals surface area contributed by atoms with Crippen molar-refractivity contribution in [2.45, 2.75) is 0 Å². The van der Waals surface area contributed by atoms with Crippen molar-refractivity contribution in [2.24, 2.45) is 4.99 Å². The first-order chi connectivity index (χ1) is 9.93. The van der Waals surface area contributed by atoms with Crippen LogP contribution in [0.15, 0.2) is 53.5 Å². The molecule has 0 N–H and O–H groups in total. The van der Waals surface area contributed by atoms with E-state index < -0.39 is 0 Å². The van der Waals surface area contributed by atoms with Gasteiger partial charge in [0.25, 0.3) is 0 Å². The summed E-state index contributed by atoms with van der Waals surface area (Å²) in [5.41, 5.74) is 4.55. The lowest BCUT2D eigenvalue weighted by Crippen LogP contribution is -2.36. The van der Waals surface area contributed by atoms with E-state index in [-0.39, 0.29) is 0 Å². The number of nitrogens with zero attached hydrogens (tertiary/aromatic N) is 4. The van der Waals surface area contributed by atoms with E-state index in [9.17, 15) is 0 Å². The smallest absolute Gasteiger partial charge is 0.211 e. The maximum Gasteiger partial charge on any atom is 0.211 e. The second-order valence-electron chi connectivity index (χ2n) is 5.11. The molecule has 2 aromatic carbocycles. The molecule has 3 aromatic rings. The van der Waals surface area contributed by atoms with E-state index in [2.05, 4.69) is 56.9 Å². The van der Waals surface area contributed by atoms with Crippen LogP contribution < -0.4 is 4.90 Å². The standard InChI is InChI=1S/C16H12N4/c1-3-7-13-11(5-1)15-18-12-6-2-4-8-14(12)20(15)16-17-9-10-19(13)16/h1-8H,9-10H2. The topological polar surface area (TPSA) is 33.4 Å². The number of anilines is 1. The van der Waals surface area contributed by atoms with Gasteiger partial charge in [0.1, 0.15) is 5.82 Å². The normalized spacial score (nSPS) is 15.8. The minimum Gasteiger partial charge on any atom is -0.309 e. The first-order valence-electron chi connectivity index (χ1n) is 6.83. The molecule has 1 aromatic heterocycles. The highest BCUT2D eigenvalue weighted by atomic mass is 15.4. The highest BCUT2D eigenvalue weighted by molar-refractivity contribution is 6.11. The molecule has 5 rings (SSSR count). The van der Waals surface area contributed by atoms with Crippen molar-refractivity contribution in [3.05, 3.63) is 48.5 Å². The maximum absolute atomic E-state index is 4.81. The molecule has 2 aliphatic rings. The van der Waals surface area contributed by atoms with E-state index in [1.54, 1.807) is 0 Å². The van der Waals surface area contributed by atoms with Crippen LogP contribution in [0.4, 0.5) is 5.69 Å². The lowest BCUT2D eigenvalue weighted by molar-refractivity contribution is 0.999. The second-order valence-corrected chi connectivity index (χ2v) is 5.11. The van der Waals surface area contributed by atoms with Gasteiger partial charge < -0.3 is 4.90 Å². The van der Waals surface area contributed by atoms with Gasteiger partial charge in [-0.3, -0.25) is 9.56 Å². The summed E-state index contributed by atoms with van der Waals surface area (Å²) in [5.74, 6) is 2.01. The molecule has 0 fully saturated rings. The number of aromatic nitrogens is 2. The molecule has 0 spiro atoms. The largest absolute Gasteiger partial charge is 0.309 e. The quantitative estimate of drug-likeness (QED) is 0.622. The first-order valence-corrected chi connectivity index (χ1v) is 6.83. The molecule has 0 bridgehead atoms. The van der Waals surface area contributed by atoms with Crippen LogP contribution in [0.25, 0.3) is 22.4 Å². The molecule has 0 aliphatic carbocycles. The number of para-hydroxylation sites is 3. The van der Waals surface area contributed by atoms with Crippen LogP contribution >= 0.6 is 0 Å². The Kier molecular flexibility index (Phi) is 1.77. The Morgan fingerprint density at radius 3 is 2.80 bits per heavy atom. The molecular weight excluding hydrogens is 248 g/mol. The van der Waals surface area contributed by atoms with Crippen LogP contribution in [0, 0.1) is 0 Å². The molecule has 20 heavy (non-hydrogen) atoms. The van der Waals surface area contributed by atoms with Crippen molar-refractivity contribution in [3.8, 4) is 11.4 Å². The summed E-state index contributed by atoms with van der Waals surface area (Å²) >= 11 is 0. The van der Waals surface area contributed by atoms with Crippen molar-refractivity contribution < 1.29 is 0 Å². The van der Waals surface area contributed by atoms with Crippen molar-refractivity contribution in [3.63, 3.8) is 0 Å². The Morgan fingerprint density at radius 1 is 0.950 bits per heavy atom. The van der Waals surface area contributed by atoms with Gasteiger partial charge >= 0.3 is 0 Å². The number of fused-ring (bicyclic) bond motifs is 8. The van der Waals surface area contributed by atoms with Crippen LogP contribution in [-0.2, 0) is 0 Å². The van der Waals surface area contributed by atoms with E-state index in [1.807, 2.05) is 6.07 Å². The summed E-state index contributed by atoms with van der Waals surface area (Å²) in [5, 5.41) is 0. The van der Waals surface area contributed by atoms with Gasteiger partial charge in [0.15, 0.2) is 0 Å². The monoisotopic (exact) mass is 260 g/mol. The molecule has 0 saturated heterocycles. The van der Waals surface area contributed by atoms with Crippen LogP contribution in [-0.4, -0.2) is 28.6 Å². The molecule has 0 amide bonds. The summed E-state index contributed by atoms with van der Waals surface area (Å²) < 4.78 is 2.19.